The van der Waals surface area contributed by atoms with Gasteiger partial charge in [0.15, 0.2) is 0 Å². The number of nitrogens with zero attached hydrogens (tertiary/aromatic N) is 3. The molecule has 8 heteroatoms. The van der Waals surface area contributed by atoms with Gasteiger partial charge in [0.1, 0.15) is 0 Å². The van der Waals surface area contributed by atoms with Crippen LogP contribution in [-0.2, 0) is 19.6 Å². The summed E-state index contributed by atoms with van der Waals surface area (Å²) >= 11 is 0. The maximum Gasteiger partial charge on any atom is 0.322 e. The summed E-state index contributed by atoms with van der Waals surface area (Å²) in [6.45, 7) is 6.12. The summed E-state index contributed by atoms with van der Waals surface area (Å²) in [6, 6.07) is 7.32. The van der Waals surface area contributed by atoms with Crippen molar-refractivity contribution in [2.75, 3.05) is 24.5 Å². The molecule has 0 atom stereocenters. The molecule has 3 heterocycles. The van der Waals surface area contributed by atoms with Gasteiger partial charge in [-0.2, -0.15) is 5.10 Å². The van der Waals surface area contributed by atoms with Crippen molar-refractivity contribution in [1.82, 2.24) is 25.7 Å². The molecule has 1 fully saturated rings. The molecule has 136 valence electrons. The number of fused-ring (bicyclic) bond motifs is 1. The summed E-state index contributed by atoms with van der Waals surface area (Å²) in [6.07, 6.45) is 0. The molecular weight excluding hydrogens is 332 g/mol. The number of nitrogens with one attached hydrogen (secondary N) is 3. The number of rotatable bonds is 4. The highest BCUT2D eigenvalue weighted by molar-refractivity contribution is 5.99. The van der Waals surface area contributed by atoms with Crippen molar-refractivity contribution in [3.63, 3.8) is 0 Å². The van der Waals surface area contributed by atoms with Gasteiger partial charge in [-0.25, -0.2) is 4.79 Å². The highest BCUT2D eigenvalue weighted by Crippen LogP contribution is 2.23. The lowest BCUT2D eigenvalue weighted by Gasteiger charge is -2.18. The predicted octanol–water partition coefficient (Wildman–Crippen LogP) is 0.754. The van der Waals surface area contributed by atoms with Gasteiger partial charge >= 0.3 is 6.03 Å². The first-order chi connectivity index (χ1) is 12.6. The Hall–Kier alpha value is -2.87. The van der Waals surface area contributed by atoms with Gasteiger partial charge in [-0.05, 0) is 30.7 Å². The normalized spacial score (nSPS) is 16.3. The third kappa shape index (κ3) is 3.15. The van der Waals surface area contributed by atoms with Crippen molar-refractivity contribution >= 4 is 17.6 Å². The van der Waals surface area contributed by atoms with Gasteiger partial charge in [-0.1, -0.05) is 6.07 Å². The molecule has 1 aromatic carbocycles. The predicted molar refractivity (Wildman–Crippen MR) is 97.0 cm³/mol. The molecule has 2 aliphatic heterocycles. The summed E-state index contributed by atoms with van der Waals surface area (Å²) in [5.41, 5.74) is 4.27. The maximum atomic E-state index is 12.5. The van der Waals surface area contributed by atoms with E-state index in [2.05, 4.69) is 21.0 Å². The Balaban J connectivity index is 1.46. The van der Waals surface area contributed by atoms with Crippen LogP contribution in [0.4, 0.5) is 10.5 Å². The molecule has 8 nitrogen and oxygen atoms in total. The second-order valence-electron chi connectivity index (χ2n) is 6.59. The molecule has 0 spiro atoms. The number of carbonyl (C=O) groups is 2. The van der Waals surface area contributed by atoms with Gasteiger partial charge < -0.3 is 16.0 Å². The monoisotopic (exact) mass is 354 g/mol. The van der Waals surface area contributed by atoms with Crippen LogP contribution in [0, 0.1) is 6.92 Å². The average Bonchev–Trinajstić information content (AvgIpc) is 3.25. The summed E-state index contributed by atoms with van der Waals surface area (Å²) in [7, 11) is 0. The molecule has 0 aliphatic carbocycles. The average molecular weight is 354 g/mol. The largest absolute Gasteiger partial charge is 0.346 e. The molecule has 3 amide bonds. The standard InChI is InChI=1S/C18H22N6O2/c1-12-2-3-13(8-16(12)23-6-5-20-18(23)26)17(25)21-10-14-9-15-11-19-4-7-24(15)22-14/h2-3,8-9,19H,4-7,10-11H2,1H3,(H,20,26)(H,21,25). The summed E-state index contributed by atoms with van der Waals surface area (Å²) in [5.74, 6) is -0.171. The van der Waals surface area contributed by atoms with E-state index in [0.717, 1.165) is 42.3 Å². The first-order valence-electron chi connectivity index (χ1n) is 8.82. The zero-order valence-corrected chi connectivity index (χ0v) is 14.7. The number of aromatic nitrogens is 2. The second kappa shape index (κ2) is 6.80. The van der Waals surface area contributed by atoms with Crippen LogP contribution in [0.3, 0.4) is 0 Å². The van der Waals surface area contributed by atoms with E-state index in [-0.39, 0.29) is 11.9 Å². The van der Waals surface area contributed by atoms with E-state index >= 15 is 0 Å². The fourth-order valence-corrected chi connectivity index (χ4v) is 3.35. The minimum atomic E-state index is -0.171. The molecule has 0 unspecified atom stereocenters. The van der Waals surface area contributed by atoms with Crippen molar-refractivity contribution in [2.24, 2.45) is 0 Å². The third-order valence-electron chi connectivity index (χ3n) is 4.77. The molecule has 26 heavy (non-hydrogen) atoms. The first kappa shape index (κ1) is 16.6. The number of benzene rings is 1. The van der Waals surface area contributed by atoms with Gasteiger partial charge in [0.25, 0.3) is 5.91 Å². The van der Waals surface area contributed by atoms with Crippen LogP contribution >= 0.6 is 0 Å². The Morgan fingerprint density at radius 3 is 2.92 bits per heavy atom. The Bertz CT molecular complexity index is 836. The van der Waals surface area contributed by atoms with E-state index in [1.54, 1.807) is 17.0 Å². The van der Waals surface area contributed by atoms with Crippen molar-refractivity contribution in [1.29, 1.82) is 0 Å². The van der Waals surface area contributed by atoms with E-state index < -0.39 is 0 Å². The van der Waals surface area contributed by atoms with E-state index in [0.29, 0.717) is 25.2 Å². The highest BCUT2D eigenvalue weighted by Gasteiger charge is 2.23. The fraction of sp³-hybridized carbons (Fsp3) is 0.389. The van der Waals surface area contributed by atoms with E-state index in [9.17, 15) is 9.59 Å². The van der Waals surface area contributed by atoms with E-state index in [1.807, 2.05) is 23.7 Å². The van der Waals surface area contributed by atoms with Crippen molar-refractivity contribution in [2.45, 2.75) is 26.6 Å². The number of amides is 3. The lowest BCUT2D eigenvalue weighted by Crippen LogP contribution is -2.29. The molecule has 4 rings (SSSR count). The minimum absolute atomic E-state index is 0.122. The first-order valence-corrected chi connectivity index (χ1v) is 8.82. The zero-order valence-electron chi connectivity index (χ0n) is 14.7. The Labute approximate surface area is 151 Å². The molecule has 1 saturated heterocycles. The lowest BCUT2D eigenvalue weighted by atomic mass is 10.1. The molecular formula is C18H22N6O2. The van der Waals surface area contributed by atoms with Crippen molar-refractivity contribution < 1.29 is 9.59 Å². The molecule has 0 radical (unpaired) electrons. The van der Waals surface area contributed by atoms with Gasteiger partial charge in [0, 0.05) is 37.4 Å². The second-order valence-corrected chi connectivity index (χ2v) is 6.59. The van der Waals surface area contributed by atoms with Gasteiger partial charge in [-0.15, -0.1) is 0 Å². The smallest absolute Gasteiger partial charge is 0.322 e. The molecule has 3 N–H and O–H groups in total. The van der Waals surface area contributed by atoms with Crippen molar-refractivity contribution in [3.05, 3.63) is 46.8 Å². The summed E-state index contributed by atoms with van der Waals surface area (Å²) < 4.78 is 1.98. The molecule has 0 saturated carbocycles. The van der Waals surface area contributed by atoms with Crippen LogP contribution in [0.15, 0.2) is 24.3 Å². The number of anilines is 1. The highest BCUT2D eigenvalue weighted by atomic mass is 16.2. The van der Waals surface area contributed by atoms with Crippen LogP contribution in [0.25, 0.3) is 0 Å². The third-order valence-corrected chi connectivity index (χ3v) is 4.77. The molecule has 2 aliphatic rings. The van der Waals surface area contributed by atoms with Gasteiger partial charge in [0.2, 0.25) is 0 Å². The van der Waals surface area contributed by atoms with E-state index in [1.165, 1.54) is 0 Å². The Morgan fingerprint density at radius 2 is 2.15 bits per heavy atom. The molecule has 1 aromatic heterocycles. The minimum Gasteiger partial charge on any atom is -0.346 e. The van der Waals surface area contributed by atoms with Crippen molar-refractivity contribution in [3.8, 4) is 0 Å². The number of aryl methyl sites for hydroxylation is 1. The van der Waals surface area contributed by atoms with Gasteiger partial charge in [0.05, 0.1) is 24.5 Å². The number of urea groups is 1. The van der Waals surface area contributed by atoms with Crippen LogP contribution in [0.1, 0.15) is 27.3 Å². The quantitative estimate of drug-likeness (QED) is 0.756. The Morgan fingerprint density at radius 1 is 1.27 bits per heavy atom. The fourth-order valence-electron chi connectivity index (χ4n) is 3.35. The number of carbonyl (C=O) groups excluding carboxylic acids is 2. The van der Waals surface area contributed by atoms with Crippen LogP contribution in [-0.4, -0.2) is 41.4 Å². The van der Waals surface area contributed by atoms with Crippen LogP contribution in [0.5, 0.6) is 0 Å². The maximum absolute atomic E-state index is 12.5. The zero-order chi connectivity index (χ0) is 18.1. The molecule has 0 bridgehead atoms. The van der Waals surface area contributed by atoms with Crippen LogP contribution in [0.2, 0.25) is 0 Å². The SMILES string of the molecule is Cc1ccc(C(=O)NCc2cc3n(n2)CCNC3)cc1N1CCNC1=O. The van der Waals surface area contributed by atoms with E-state index in [4.69, 9.17) is 0 Å². The summed E-state index contributed by atoms with van der Waals surface area (Å²) in [5, 5.41) is 13.5. The van der Waals surface area contributed by atoms with Gasteiger partial charge in [-0.3, -0.25) is 14.4 Å². The molecule has 2 aromatic rings. The van der Waals surface area contributed by atoms with Crippen LogP contribution < -0.4 is 20.9 Å². The summed E-state index contributed by atoms with van der Waals surface area (Å²) in [4.78, 5) is 26.1. The Kier molecular flexibility index (Phi) is 4.34. The number of hydrogen-bond donors (Lipinski definition) is 3. The topological polar surface area (TPSA) is 91.3 Å². The number of hydrogen-bond acceptors (Lipinski definition) is 4. The lowest BCUT2D eigenvalue weighted by molar-refractivity contribution is 0.0950.